The van der Waals surface area contributed by atoms with E-state index in [1.54, 1.807) is 0 Å². The lowest BCUT2D eigenvalue weighted by Gasteiger charge is -2.23. The lowest BCUT2D eigenvalue weighted by atomic mass is 9.99. The third-order valence-electron chi connectivity index (χ3n) is 3.02. The van der Waals surface area contributed by atoms with Crippen LogP contribution < -0.4 is 0 Å². The molecule has 0 atom stereocenters. The Labute approximate surface area is 101 Å². The topological polar surface area (TPSA) is 39.9 Å². The molecule has 16 heavy (non-hydrogen) atoms. The standard InChI is InChI=1S/C11H18ClN3O/c1-8(2)15-10(7-12)13-14-11(15)9-3-5-16-6-4-9/h8-9H,3-7H2,1-2H3. The Hall–Kier alpha value is -0.610. The minimum absolute atomic E-state index is 0.363. The maximum Gasteiger partial charge on any atom is 0.148 e. The second kappa shape index (κ2) is 5.15. The van der Waals surface area contributed by atoms with Crippen molar-refractivity contribution in [3.05, 3.63) is 11.6 Å². The fourth-order valence-electron chi connectivity index (χ4n) is 2.23. The molecule has 1 aromatic heterocycles. The first kappa shape index (κ1) is 11.9. The van der Waals surface area contributed by atoms with Crippen LogP contribution in [0.15, 0.2) is 0 Å². The molecule has 1 aromatic rings. The minimum Gasteiger partial charge on any atom is -0.381 e. The summed E-state index contributed by atoms with van der Waals surface area (Å²) in [7, 11) is 0. The van der Waals surface area contributed by atoms with Gasteiger partial charge >= 0.3 is 0 Å². The van der Waals surface area contributed by atoms with Gasteiger partial charge in [-0.2, -0.15) is 0 Å². The van der Waals surface area contributed by atoms with E-state index in [1.807, 2.05) is 0 Å². The van der Waals surface area contributed by atoms with E-state index in [9.17, 15) is 0 Å². The second-order valence-corrected chi connectivity index (χ2v) is 4.73. The molecule has 4 nitrogen and oxygen atoms in total. The van der Waals surface area contributed by atoms with Crippen molar-refractivity contribution >= 4 is 11.6 Å². The fraction of sp³-hybridized carbons (Fsp3) is 0.818. The van der Waals surface area contributed by atoms with Crippen molar-refractivity contribution < 1.29 is 4.74 Å². The molecule has 1 saturated heterocycles. The van der Waals surface area contributed by atoms with Gasteiger partial charge < -0.3 is 9.30 Å². The third kappa shape index (κ3) is 2.23. The average Bonchev–Trinajstić information content (AvgIpc) is 2.73. The molecule has 2 rings (SSSR count). The molecule has 0 bridgehead atoms. The van der Waals surface area contributed by atoms with E-state index < -0.39 is 0 Å². The van der Waals surface area contributed by atoms with Gasteiger partial charge in [-0.1, -0.05) is 0 Å². The molecule has 0 amide bonds. The molecule has 90 valence electrons. The molecule has 0 spiro atoms. The molecule has 0 saturated carbocycles. The van der Waals surface area contributed by atoms with Crippen molar-refractivity contribution in [1.29, 1.82) is 0 Å². The van der Waals surface area contributed by atoms with E-state index >= 15 is 0 Å². The van der Waals surface area contributed by atoms with Crippen LogP contribution in [0.25, 0.3) is 0 Å². The summed E-state index contributed by atoms with van der Waals surface area (Å²) in [6.45, 7) is 5.93. The van der Waals surface area contributed by atoms with Gasteiger partial charge in [-0.3, -0.25) is 0 Å². The molecule has 1 aliphatic rings. The van der Waals surface area contributed by atoms with Crippen LogP contribution in [-0.2, 0) is 10.6 Å². The molecular formula is C11H18ClN3O. The number of alkyl halides is 1. The van der Waals surface area contributed by atoms with Crippen LogP contribution in [-0.4, -0.2) is 28.0 Å². The summed E-state index contributed by atoms with van der Waals surface area (Å²) in [6, 6.07) is 0.363. The predicted molar refractivity (Wildman–Crippen MR) is 62.8 cm³/mol. The van der Waals surface area contributed by atoms with Gasteiger partial charge in [-0.15, -0.1) is 21.8 Å². The van der Waals surface area contributed by atoms with E-state index in [0.29, 0.717) is 17.8 Å². The zero-order chi connectivity index (χ0) is 11.5. The van der Waals surface area contributed by atoms with E-state index in [4.69, 9.17) is 16.3 Å². The van der Waals surface area contributed by atoms with E-state index in [1.165, 1.54) is 0 Å². The minimum atomic E-state index is 0.363. The summed E-state index contributed by atoms with van der Waals surface area (Å²) >= 11 is 5.88. The van der Waals surface area contributed by atoms with Gasteiger partial charge in [0, 0.05) is 25.2 Å². The van der Waals surface area contributed by atoms with Crippen molar-refractivity contribution in [2.75, 3.05) is 13.2 Å². The fourth-order valence-corrected chi connectivity index (χ4v) is 2.41. The van der Waals surface area contributed by atoms with Gasteiger partial charge in [-0.05, 0) is 26.7 Å². The van der Waals surface area contributed by atoms with Crippen LogP contribution >= 0.6 is 11.6 Å². The monoisotopic (exact) mass is 243 g/mol. The lowest BCUT2D eigenvalue weighted by Crippen LogP contribution is -2.19. The van der Waals surface area contributed by atoms with Gasteiger partial charge in [-0.25, -0.2) is 0 Å². The largest absolute Gasteiger partial charge is 0.381 e. The molecule has 0 aliphatic carbocycles. The SMILES string of the molecule is CC(C)n1c(CCl)nnc1C1CCOCC1. The van der Waals surface area contributed by atoms with E-state index in [-0.39, 0.29) is 0 Å². The normalized spacial score (nSPS) is 18.2. The predicted octanol–water partition coefficient (Wildman–Crippen LogP) is 2.49. The summed E-state index contributed by atoms with van der Waals surface area (Å²) in [5, 5.41) is 8.48. The van der Waals surface area contributed by atoms with Crippen LogP contribution in [0, 0.1) is 0 Å². The number of aromatic nitrogens is 3. The summed E-state index contributed by atoms with van der Waals surface area (Å²) in [4.78, 5) is 0. The van der Waals surface area contributed by atoms with Crippen LogP contribution in [0.4, 0.5) is 0 Å². The van der Waals surface area contributed by atoms with Crippen molar-refractivity contribution in [3.63, 3.8) is 0 Å². The van der Waals surface area contributed by atoms with Crippen molar-refractivity contribution in [3.8, 4) is 0 Å². The molecule has 0 N–H and O–H groups in total. The highest BCUT2D eigenvalue weighted by atomic mass is 35.5. The van der Waals surface area contributed by atoms with Crippen LogP contribution in [0.5, 0.6) is 0 Å². The van der Waals surface area contributed by atoms with Gasteiger partial charge in [0.05, 0.1) is 5.88 Å². The Balaban J connectivity index is 2.28. The molecule has 0 aromatic carbocycles. The van der Waals surface area contributed by atoms with Crippen LogP contribution in [0.2, 0.25) is 0 Å². The summed E-state index contributed by atoms with van der Waals surface area (Å²) < 4.78 is 7.54. The van der Waals surface area contributed by atoms with Crippen molar-refractivity contribution in [2.45, 2.75) is 44.5 Å². The Morgan fingerprint density at radius 2 is 2.06 bits per heavy atom. The molecular weight excluding hydrogens is 226 g/mol. The molecule has 0 radical (unpaired) electrons. The van der Waals surface area contributed by atoms with E-state index in [0.717, 1.165) is 37.7 Å². The zero-order valence-corrected chi connectivity index (χ0v) is 10.6. The molecule has 0 unspecified atom stereocenters. The van der Waals surface area contributed by atoms with Gasteiger partial charge in [0.15, 0.2) is 0 Å². The molecule has 5 heteroatoms. The van der Waals surface area contributed by atoms with Crippen molar-refractivity contribution in [2.24, 2.45) is 0 Å². The maximum atomic E-state index is 5.88. The highest BCUT2D eigenvalue weighted by Gasteiger charge is 2.24. The highest BCUT2D eigenvalue weighted by Crippen LogP contribution is 2.28. The Morgan fingerprint density at radius 3 is 2.62 bits per heavy atom. The zero-order valence-electron chi connectivity index (χ0n) is 9.82. The van der Waals surface area contributed by atoms with Gasteiger partial charge in [0.1, 0.15) is 11.6 Å². The Kier molecular flexibility index (Phi) is 3.82. The quantitative estimate of drug-likeness (QED) is 0.766. The first-order valence-electron chi connectivity index (χ1n) is 5.81. The number of hydrogen-bond donors (Lipinski definition) is 0. The summed E-state index contributed by atoms with van der Waals surface area (Å²) in [6.07, 6.45) is 2.07. The number of nitrogens with zero attached hydrogens (tertiary/aromatic N) is 3. The number of rotatable bonds is 3. The average molecular weight is 244 g/mol. The Morgan fingerprint density at radius 1 is 1.38 bits per heavy atom. The van der Waals surface area contributed by atoms with Crippen LogP contribution in [0.1, 0.15) is 50.3 Å². The molecule has 1 fully saturated rings. The first-order chi connectivity index (χ1) is 7.74. The highest BCUT2D eigenvalue weighted by molar-refractivity contribution is 6.16. The van der Waals surface area contributed by atoms with Crippen LogP contribution in [0.3, 0.4) is 0 Å². The number of ether oxygens (including phenoxy) is 1. The maximum absolute atomic E-state index is 5.88. The summed E-state index contributed by atoms with van der Waals surface area (Å²) in [5.41, 5.74) is 0. The molecule has 2 heterocycles. The second-order valence-electron chi connectivity index (χ2n) is 4.46. The number of halogens is 1. The van der Waals surface area contributed by atoms with Crippen molar-refractivity contribution in [1.82, 2.24) is 14.8 Å². The third-order valence-corrected chi connectivity index (χ3v) is 3.25. The Bertz CT molecular complexity index is 345. The number of hydrogen-bond acceptors (Lipinski definition) is 3. The summed E-state index contributed by atoms with van der Waals surface area (Å²) in [5.74, 6) is 2.85. The molecule has 1 aliphatic heterocycles. The van der Waals surface area contributed by atoms with Gasteiger partial charge in [0.25, 0.3) is 0 Å². The smallest absolute Gasteiger partial charge is 0.148 e. The first-order valence-corrected chi connectivity index (χ1v) is 6.35. The van der Waals surface area contributed by atoms with Gasteiger partial charge in [0.2, 0.25) is 0 Å². The lowest BCUT2D eigenvalue weighted by molar-refractivity contribution is 0.0825. The van der Waals surface area contributed by atoms with E-state index in [2.05, 4.69) is 28.6 Å².